The highest BCUT2D eigenvalue weighted by molar-refractivity contribution is 14.1. The van der Waals surface area contributed by atoms with E-state index in [2.05, 4.69) is 22.6 Å². The Kier molecular flexibility index (Phi) is 3.81. The summed E-state index contributed by atoms with van der Waals surface area (Å²) in [5.74, 6) is 0.105. The molecule has 0 aromatic heterocycles. The average Bonchev–Trinajstić information content (AvgIpc) is 2.28. The highest BCUT2D eigenvalue weighted by Crippen LogP contribution is 2.13. The summed E-state index contributed by atoms with van der Waals surface area (Å²) < 4.78 is 6.51. The number of benzene rings is 1. The Morgan fingerprint density at radius 3 is 3.06 bits per heavy atom. The normalized spacial score (nSPS) is 20.9. The fourth-order valence-corrected chi connectivity index (χ4v) is 2.35. The second kappa shape index (κ2) is 5.14. The minimum Gasteiger partial charge on any atom is -0.375 e. The van der Waals surface area contributed by atoms with Crippen LogP contribution in [0.2, 0.25) is 0 Å². The number of amides is 1. The summed E-state index contributed by atoms with van der Waals surface area (Å²) in [5.41, 5.74) is 0.765. The number of rotatable bonds is 1. The number of carbonyl (C=O) groups is 1. The van der Waals surface area contributed by atoms with Crippen molar-refractivity contribution in [2.45, 2.75) is 13.0 Å². The van der Waals surface area contributed by atoms with Gasteiger partial charge in [-0.05, 0) is 47.7 Å². The van der Waals surface area contributed by atoms with Gasteiger partial charge in [-0.1, -0.05) is 6.07 Å². The average molecular weight is 331 g/mol. The quantitative estimate of drug-likeness (QED) is 0.738. The maximum Gasteiger partial charge on any atom is 0.254 e. The number of carbonyl (C=O) groups excluding carboxylic acids is 1. The molecule has 0 radical (unpaired) electrons. The van der Waals surface area contributed by atoms with Crippen molar-refractivity contribution in [2.24, 2.45) is 0 Å². The van der Waals surface area contributed by atoms with Crippen LogP contribution < -0.4 is 0 Å². The third-order valence-corrected chi connectivity index (χ3v) is 3.27. The first kappa shape index (κ1) is 11.9. The fourth-order valence-electron chi connectivity index (χ4n) is 1.81. The Morgan fingerprint density at radius 2 is 2.38 bits per heavy atom. The van der Waals surface area contributed by atoms with Crippen molar-refractivity contribution < 1.29 is 9.53 Å². The molecule has 2 rings (SSSR count). The Bertz CT molecular complexity index is 394. The van der Waals surface area contributed by atoms with Gasteiger partial charge in [0, 0.05) is 22.2 Å². The van der Waals surface area contributed by atoms with E-state index in [0.717, 1.165) is 9.13 Å². The summed E-state index contributed by atoms with van der Waals surface area (Å²) >= 11 is 2.22. The summed E-state index contributed by atoms with van der Waals surface area (Å²) in [6.45, 7) is 4.00. The van der Waals surface area contributed by atoms with Gasteiger partial charge in [0.05, 0.1) is 12.7 Å². The second-order valence-corrected chi connectivity index (χ2v) is 5.19. The molecule has 1 amide bonds. The van der Waals surface area contributed by atoms with Gasteiger partial charge in [0.15, 0.2) is 0 Å². The Balaban J connectivity index is 2.12. The summed E-state index contributed by atoms with van der Waals surface area (Å²) in [6.07, 6.45) is 0.139. The van der Waals surface area contributed by atoms with Crippen LogP contribution in [0.25, 0.3) is 0 Å². The molecule has 1 unspecified atom stereocenters. The largest absolute Gasteiger partial charge is 0.375 e. The zero-order valence-electron chi connectivity index (χ0n) is 9.15. The third-order valence-electron chi connectivity index (χ3n) is 2.60. The van der Waals surface area contributed by atoms with Gasteiger partial charge in [0.2, 0.25) is 0 Å². The zero-order chi connectivity index (χ0) is 11.5. The number of hydrogen-bond acceptors (Lipinski definition) is 2. The molecule has 1 aromatic carbocycles. The van der Waals surface area contributed by atoms with Crippen LogP contribution in [0.5, 0.6) is 0 Å². The topological polar surface area (TPSA) is 29.5 Å². The van der Waals surface area contributed by atoms with Gasteiger partial charge in [-0.15, -0.1) is 0 Å². The standard InChI is InChI=1S/C12H14INO2/c1-9-8-14(5-6-16-9)12(15)10-3-2-4-11(13)7-10/h2-4,7,9H,5-6,8H2,1H3. The van der Waals surface area contributed by atoms with Crippen LogP contribution in [0, 0.1) is 3.57 Å². The molecule has 4 heteroatoms. The fraction of sp³-hybridized carbons (Fsp3) is 0.417. The molecule has 1 atom stereocenters. The molecular formula is C12H14INO2. The molecule has 1 aliphatic heterocycles. The predicted octanol–water partition coefficient (Wildman–Crippen LogP) is 2.15. The number of nitrogens with zero attached hydrogens (tertiary/aromatic N) is 1. The van der Waals surface area contributed by atoms with Gasteiger partial charge >= 0.3 is 0 Å². The maximum absolute atomic E-state index is 12.2. The molecule has 0 bridgehead atoms. The van der Waals surface area contributed by atoms with Crippen molar-refractivity contribution in [1.82, 2.24) is 4.90 Å². The molecule has 1 aromatic rings. The molecule has 1 aliphatic rings. The molecule has 1 heterocycles. The lowest BCUT2D eigenvalue weighted by atomic mass is 10.2. The van der Waals surface area contributed by atoms with E-state index >= 15 is 0 Å². The minimum absolute atomic E-state index is 0.105. The van der Waals surface area contributed by atoms with Crippen LogP contribution in [0.3, 0.4) is 0 Å². The zero-order valence-corrected chi connectivity index (χ0v) is 11.3. The van der Waals surface area contributed by atoms with Crippen LogP contribution >= 0.6 is 22.6 Å². The van der Waals surface area contributed by atoms with Crippen molar-refractivity contribution in [1.29, 1.82) is 0 Å². The summed E-state index contributed by atoms with van der Waals surface area (Å²) in [4.78, 5) is 14.0. The number of hydrogen-bond donors (Lipinski definition) is 0. The lowest BCUT2D eigenvalue weighted by Gasteiger charge is -2.31. The minimum atomic E-state index is 0.105. The van der Waals surface area contributed by atoms with E-state index in [-0.39, 0.29) is 12.0 Å². The highest BCUT2D eigenvalue weighted by Gasteiger charge is 2.22. The molecule has 0 aliphatic carbocycles. The molecule has 86 valence electrons. The van der Waals surface area contributed by atoms with E-state index in [1.807, 2.05) is 36.1 Å². The third kappa shape index (κ3) is 2.74. The van der Waals surface area contributed by atoms with Crippen LogP contribution in [0.1, 0.15) is 17.3 Å². The lowest BCUT2D eigenvalue weighted by Crippen LogP contribution is -2.44. The molecule has 16 heavy (non-hydrogen) atoms. The molecule has 0 spiro atoms. The first-order valence-corrected chi connectivity index (χ1v) is 6.41. The van der Waals surface area contributed by atoms with E-state index in [1.54, 1.807) is 0 Å². The van der Waals surface area contributed by atoms with Gasteiger partial charge in [0.25, 0.3) is 5.91 Å². The monoisotopic (exact) mass is 331 g/mol. The molecule has 0 saturated carbocycles. The first-order chi connectivity index (χ1) is 7.66. The van der Waals surface area contributed by atoms with Gasteiger partial charge in [-0.2, -0.15) is 0 Å². The van der Waals surface area contributed by atoms with Crippen LogP contribution in [0.4, 0.5) is 0 Å². The summed E-state index contributed by atoms with van der Waals surface area (Å²) in [5, 5.41) is 0. The Morgan fingerprint density at radius 1 is 1.56 bits per heavy atom. The van der Waals surface area contributed by atoms with Gasteiger partial charge in [-0.25, -0.2) is 0 Å². The van der Waals surface area contributed by atoms with Crippen molar-refractivity contribution in [2.75, 3.05) is 19.7 Å². The molecule has 1 saturated heterocycles. The molecule has 1 fully saturated rings. The van der Waals surface area contributed by atoms with Crippen molar-refractivity contribution in [3.8, 4) is 0 Å². The van der Waals surface area contributed by atoms with E-state index in [0.29, 0.717) is 19.7 Å². The van der Waals surface area contributed by atoms with Crippen LogP contribution in [-0.4, -0.2) is 36.6 Å². The molecule has 0 N–H and O–H groups in total. The van der Waals surface area contributed by atoms with Crippen LogP contribution in [0.15, 0.2) is 24.3 Å². The van der Waals surface area contributed by atoms with Gasteiger partial charge in [-0.3, -0.25) is 4.79 Å². The summed E-state index contributed by atoms with van der Waals surface area (Å²) in [7, 11) is 0. The van der Waals surface area contributed by atoms with Crippen LogP contribution in [-0.2, 0) is 4.74 Å². The van der Waals surface area contributed by atoms with Crippen molar-refractivity contribution >= 4 is 28.5 Å². The van der Waals surface area contributed by atoms with Crippen molar-refractivity contribution in [3.63, 3.8) is 0 Å². The highest BCUT2D eigenvalue weighted by atomic mass is 127. The van der Waals surface area contributed by atoms with E-state index in [1.165, 1.54) is 0 Å². The number of morpholine rings is 1. The van der Waals surface area contributed by atoms with E-state index in [4.69, 9.17) is 4.74 Å². The number of ether oxygens (including phenoxy) is 1. The Hall–Kier alpha value is -0.620. The number of halogens is 1. The first-order valence-electron chi connectivity index (χ1n) is 5.33. The molecular weight excluding hydrogens is 317 g/mol. The predicted molar refractivity (Wildman–Crippen MR) is 70.5 cm³/mol. The second-order valence-electron chi connectivity index (χ2n) is 3.94. The lowest BCUT2D eigenvalue weighted by molar-refractivity contribution is -0.0124. The van der Waals surface area contributed by atoms with E-state index < -0.39 is 0 Å². The van der Waals surface area contributed by atoms with Crippen molar-refractivity contribution in [3.05, 3.63) is 33.4 Å². The van der Waals surface area contributed by atoms with Gasteiger partial charge in [0.1, 0.15) is 0 Å². The SMILES string of the molecule is CC1CN(C(=O)c2cccc(I)c2)CCO1. The summed E-state index contributed by atoms with van der Waals surface area (Å²) in [6, 6.07) is 7.69. The van der Waals surface area contributed by atoms with Gasteiger partial charge < -0.3 is 9.64 Å². The smallest absolute Gasteiger partial charge is 0.254 e. The maximum atomic E-state index is 12.2. The van der Waals surface area contributed by atoms with E-state index in [9.17, 15) is 4.79 Å². The Labute approximate surface area is 109 Å². The molecule has 3 nitrogen and oxygen atoms in total.